The molecule has 0 fully saturated rings. The summed E-state index contributed by atoms with van der Waals surface area (Å²) in [6.07, 6.45) is 0. The molecule has 2 N–H and O–H groups in total. The lowest BCUT2D eigenvalue weighted by atomic mass is 10.1. The van der Waals surface area contributed by atoms with Crippen LogP contribution in [0.3, 0.4) is 0 Å². The van der Waals surface area contributed by atoms with E-state index >= 15 is 0 Å². The van der Waals surface area contributed by atoms with Gasteiger partial charge in [0.1, 0.15) is 0 Å². The van der Waals surface area contributed by atoms with Crippen molar-refractivity contribution in [3.63, 3.8) is 0 Å². The lowest BCUT2D eigenvalue weighted by Gasteiger charge is -2.06. The molecule has 0 saturated carbocycles. The van der Waals surface area contributed by atoms with E-state index in [1.54, 1.807) is 24.3 Å². The Balaban J connectivity index is 0.000000581. The van der Waals surface area contributed by atoms with Crippen molar-refractivity contribution >= 4 is 43.6 Å². The molecule has 3 aromatic carbocycles. The summed E-state index contributed by atoms with van der Waals surface area (Å²) in [4.78, 5) is 32.1. The summed E-state index contributed by atoms with van der Waals surface area (Å²) < 4.78 is 0. The van der Waals surface area contributed by atoms with Gasteiger partial charge in [-0.05, 0) is 36.4 Å². The quantitative estimate of drug-likeness (QED) is 0.245. The highest BCUT2D eigenvalue weighted by Crippen LogP contribution is 2.21. The fraction of sp³-hybridized carbons (Fsp3) is 0.286. The third-order valence-electron chi connectivity index (χ3n) is 4.53. The summed E-state index contributed by atoms with van der Waals surface area (Å²) >= 11 is 0. The normalized spacial score (nSPS) is 9.50. The second kappa shape index (κ2) is 13.1. The van der Waals surface area contributed by atoms with E-state index in [0.29, 0.717) is 32.6 Å². The van der Waals surface area contributed by atoms with Crippen LogP contribution in [0.15, 0.2) is 70.3 Å². The average Bonchev–Trinajstić information content (AvgIpc) is 2.89. The van der Waals surface area contributed by atoms with Crippen LogP contribution >= 0.6 is 0 Å². The van der Waals surface area contributed by atoms with Crippen molar-refractivity contribution in [1.29, 1.82) is 0 Å². The van der Waals surface area contributed by atoms with Gasteiger partial charge < -0.3 is 9.97 Å². The molecule has 0 aliphatic rings. The van der Waals surface area contributed by atoms with Crippen LogP contribution in [0, 0.1) is 0 Å². The summed E-state index contributed by atoms with van der Waals surface area (Å²) in [5, 5.41) is 2.44. The van der Waals surface area contributed by atoms with Crippen molar-refractivity contribution in [3.8, 4) is 0 Å². The summed E-state index contributed by atoms with van der Waals surface area (Å²) in [6, 6.07) is 18.3. The van der Waals surface area contributed by atoms with Crippen LogP contribution in [0.4, 0.5) is 0 Å². The predicted molar refractivity (Wildman–Crippen MR) is 143 cm³/mol. The Morgan fingerprint density at radius 1 is 0.438 bits per heavy atom. The maximum absolute atomic E-state index is 12.8. The molecule has 0 atom stereocenters. The summed E-state index contributed by atoms with van der Waals surface area (Å²) in [5.74, 6) is 0. The molecule has 0 unspecified atom stereocenters. The molecule has 32 heavy (non-hydrogen) atoms. The van der Waals surface area contributed by atoms with E-state index in [1.165, 1.54) is 0 Å². The van der Waals surface area contributed by atoms with Gasteiger partial charge in [0.25, 0.3) is 0 Å². The summed E-state index contributed by atoms with van der Waals surface area (Å²) in [7, 11) is 0. The number of nitrogens with one attached hydrogen (secondary N) is 2. The molecule has 4 heteroatoms. The minimum Gasteiger partial charge on any atom is -0.354 e. The first-order valence-corrected chi connectivity index (χ1v) is 11.7. The predicted octanol–water partition coefficient (Wildman–Crippen LogP) is 7.78. The van der Waals surface area contributed by atoms with E-state index < -0.39 is 0 Å². The van der Waals surface area contributed by atoms with Gasteiger partial charge in [-0.15, -0.1) is 0 Å². The third-order valence-corrected chi connectivity index (χ3v) is 4.53. The molecule has 0 aliphatic carbocycles. The van der Waals surface area contributed by atoms with Crippen molar-refractivity contribution in [2.75, 3.05) is 0 Å². The van der Waals surface area contributed by atoms with E-state index in [9.17, 15) is 9.59 Å². The van der Waals surface area contributed by atoms with Crippen LogP contribution in [0.1, 0.15) is 55.4 Å². The highest BCUT2D eigenvalue weighted by Gasteiger charge is 2.10. The molecule has 0 bridgehead atoms. The van der Waals surface area contributed by atoms with Gasteiger partial charge in [0.15, 0.2) is 10.9 Å². The Morgan fingerprint density at radius 2 is 0.750 bits per heavy atom. The van der Waals surface area contributed by atoms with Crippen LogP contribution in [-0.4, -0.2) is 9.97 Å². The largest absolute Gasteiger partial charge is 0.354 e. The van der Waals surface area contributed by atoms with E-state index in [0.717, 1.165) is 11.0 Å². The van der Waals surface area contributed by atoms with Crippen LogP contribution < -0.4 is 10.9 Å². The number of aromatic nitrogens is 2. The minimum atomic E-state index is -0.0322. The molecule has 0 spiro atoms. The Labute approximate surface area is 190 Å². The fourth-order valence-corrected chi connectivity index (χ4v) is 3.34. The van der Waals surface area contributed by atoms with Gasteiger partial charge in [0.05, 0.1) is 11.0 Å². The Bertz CT molecular complexity index is 1290. The standard InChI is InChI=1S/C20H12N2O2.4C2H6/c23-19-11-5-1-3-7-15(11)21-17-10-14-18(9-13(17)19)22-16-8-4-2-6-12(16)20(14)24;4*1-2/h1-10H,(H,21,23)(H,22,24);4*1-2H3. The first-order valence-electron chi connectivity index (χ1n) is 11.7. The fourth-order valence-electron chi connectivity index (χ4n) is 3.34. The van der Waals surface area contributed by atoms with E-state index in [-0.39, 0.29) is 10.9 Å². The SMILES string of the molecule is CC.CC.CC.CC.O=c1c2ccccc2[nH]c2cc3c(=O)c4ccccc4[nH]c3cc12. The van der Waals surface area contributed by atoms with E-state index in [1.807, 2.05) is 91.8 Å². The topological polar surface area (TPSA) is 65.7 Å². The second-order valence-electron chi connectivity index (χ2n) is 5.94. The molecule has 5 rings (SSSR count). The molecule has 170 valence electrons. The van der Waals surface area contributed by atoms with Crippen LogP contribution in [0.25, 0.3) is 43.6 Å². The summed E-state index contributed by atoms with van der Waals surface area (Å²) in [5.41, 5.74) is 2.82. The number of rotatable bonds is 0. The van der Waals surface area contributed by atoms with Gasteiger partial charge >= 0.3 is 0 Å². The van der Waals surface area contributed by atoms with Crippen LogP contribution in [-0.2, 0) is 0 Å². The number of para-hydroxylation sites is 2. The number of hydrogen-bond donors (Lipinski definition) is 2. The molecule has 0 aliphatic heterocycles. The van der Waals surface area contributed by atoms with E-state index in [2.05, 4.69) is 9.97 Å². The Hall–Kier alpha value is -3.40. The van der Waals surface area contributed by atoms with Crippen molar-refractivity contribution in [1.82, 2.24) is 9.97 Å². The van der Waals surface area contributed by atoms with Gasteiger partial charge in [-0.25, -0.2) is 0 Å². The number of fused-ring (bicyclic) bond motifs is 4. The average molecular weight is 433 g/mol. The molecular formula is C28H36N2O2. The molecule has 0 saturated heterocycles. The van der Waals surface area contributed by atoms with Crippen molar-refractivity contribution in [2.45, 2.75) is 55.4 Å². The molecule has 2 aromatic heterocycles. The Morgan fingerprint density at radius 3 is 1.09 bits per heavy atom. The van der Waals surface area contributed by atoms with Gasteiger partial charge in [0.2, 0.25) is 0 Å². The number of H-pyrrole nitrogens is 2. The molecule has 0 radical (unpaired) electrons. The number of pyridine rings is 2. The van der Waals surface area contributed by atoms with Gasteiger partial charge in [0, 0.05) is 32.6 Å². The number of hydrogen-bond acceptors (Lipinski definition) is 2. The summed E-state index contributed by atoms with van der Waals surface area (Å²) in [6.45, 7) is 16.0. The smallest absolute Gasteiger partial charge is 0.197 e. The first-order chi connectivity index (χ1) is 15.7. The second-order valence-corrected chi connectivity index (χ2v) is 5.94. The van der Waals surface area contributed by atoms with Gasteiger partial charge in [-0.2, -0.15) is 0 Å². The number of aromatic amines is 2. The van der Waals surface area contributed by atoms with Crippen LogP contribution in [0.2, 0.25) is 0 Å². The van der Waals surface area contributed by atoms with Gasteiger partial charge in [-0.3, -0.25) is 9.59 Å². The van der Waals surface area contributed by atoms with Crippen molar-refractivity contribution < 1.29 is 0 Å². The molecule has 4 nitrogen and oxygen atoms in total. The maximum atomic E-state index is 12.8. The van der Waals surface area contributed by atoms with Crippen molar-refractivity contribution in [3.05, 3.63) is 81.1 Å². The first kappa shape index (κ1) is 26.6. The lowest BCUT2D eigenvalue weighted by Crippen LogP contribution is -2.08. The lowest BCUT2D eigenvalue weighted by molar-refractivity contribution is 1.46. The zero-order valence-electron chi connectivity index (χ0n) is 20.6. The van der Waals surface area contributed by atoms with Crippen LogP contribution in [0.5, 0.6) is 0 Å². The Kier molecular flexibility index (Phi) is 10.9. The zero-order valence-corrected chi connectivity index (χ0v) is 20.6. The monoisotopic (exact) mass is 432 g/mol. The van der Waals surface area contributed by atoms with E-state index in [4.69, 9.17) is 0 Å². The highest BCUT2D eigenvalue weighted by atomic mass is 16.1. The van der Waals surface area contributed by atoms with Gasteiger partial charge in [-0.1, -0.05) is 79.7 Å². The maximum Gasteiger partial charge on any atom is 0.197 e. The highest BCUT2D eigenvalue weighted by molar-refractivity contribution is 6.02. The minimum absolute atomic E-state index is 0.0322. The third kappa shape index (κ3) is 5.08. The molecule has 0 amide bonds. The number of benzene rings is 3. The molecule has 2 heterocycles. The van der Waals surface area contributed by atoms with Crippen molar-refractivity contribution in [2.24, 2.45) is 0 Å². The zero-order chi connectivity index (χ0) is 24.3. The molecular weight excluding hydrogens is 396 g/mol. The molecule has 5 aromatic rings.